The number of imidazole rings is 1. The van der Waals surface area contributed by atoms with Crippen LogP contribution < -0.4 is 4.74 Å². The van der Waals surface area contributed by atoms with Crippen LogP contribution in [0.4, 0.5) is 5.69 Å². The first-order valence-corrected chi connectivity index (χ1v) is 9.10. The molecule has 0 aliphatic heterocycles. The van der Waals surface area contributed by atoms with Gasteiger partial charge in [-0.05, 0) is 30.2 Å². The molecular weight excluding hydrogens is 366 g/mol. The fraction of sp³-hybridized carbons (Fsp3) is 0.0870. The summed E-state index contributed by atoms with van der Waals surface area (Å²) in [6.45, 7) is 2.06. The lowest BCUT2D eigenvalue weighted by atomic mass is 10.1. The van der Waals surface area contributed by atoms with Crippen molar-refractivity contribution in [2.24, 2.45) is 0 Å². The molecule has 0 aliphatic rings. The van der Waals surface area contributed by atoms with Crippen molar-refractivity contribution in [2.45, 2.75) is 6.92 Å². The SMILES string of the molecule is COc1cc([N+](=O)[O-])ccc1C=Cc1ccc(-c2cn3cc(C)ccc3n2)cc1. The monoisotopic (exact) mass is 385 g/mol. The highest BCUT2D eigenvalue weighted by Gasteiger charge is 2.09. The second-order valence-electron chi connectivity index (χ2n) is 6.74. The first-order valence-electron chi connectivity index (χ1n) is 9.10. The molecular formula is C23H19N3O3. The van der Waals surface area contributed by atoms with Gasteiger partial charge in [0.2, 0.25) is 0 Å². The van der Waals surface area contributed by atoms with Gasteiger partial charge >= 0.3 is 0 Å². The van der Waals surface area contributed by atoms with Crippen LogP contribution in [-0.2, 0) is 0 Å². The minimum atomic E-state index is -0.435. The molecule has 2 aromatic heterocycles. The van der Waals surface area contributed by atoms with E-state index in [9.17, 15) is 10.1 Å². The third-order valence-corrected chi connectivity index (χ3v) is 4.69. The summed E-state index contributed by atoms with van der Waals surface area (Å²) in [7, 11) is 1.50. The Bertz CT molecular complexity index is 1220. The van der Waals surface area contributed by atoms with E-state index in [1.807, 2.05) is 59.1 Å². The second kappa shape index (κ2) is 7.59. The summed E-state index contributed by atoms with van der Waals surface area (Å²) in [6.07, 6.45) is 7.90. The van der Waals surface area contributed by atoms with Crippen molar-refractivity contribution in [3.63, 3.8) is 0 Å². The van der Waals surface area contributed by atoms with E-state index in [1.54, 1.807) is 6.07 Å². The molecule has 0 unspecified atom stereocenters. The average molecular weight is 385 g/mol. The maximum atomic E-state index is 10.9. The van der Waals surface area contributed by atoms with Crippen LogP contribution in [0.2, 0.25) is 0 Å². The van der Waals surface area contributed by atoms with Crippen LogP contribution >= 0.6 is 0 Å². The van der Waals surface area contributed by atoms with Crippen molar-refractivity contribution in [3.8, 4) is 17.0 Å². The van der Waals surface area contributed by atoms with Gasteiger partial charge in [0, 0.05) is 29.6 Å². The summed E-state index contributed by atoms with van der Waals surface area (Å²) in [6, 6.07) is 16.7. The molecule has 6 nitrogen and oxygen atoms in total. The Morgan fingerprint density at radius 2 is 1.83 bits per heavy atom. The van der Waals surface area contributed by atoms with Crippen LogP contribution in [0.25, 0.3) is 29.1 Å². The molecule has 0 amide bonds. The van der Waals surface area contributed by atoms with E-state index in [0.29, 0.717) is 5.75 Å². The van der Waals surface area contributed by atoms with Gasteiger partial charge in [0.1, 0.15) is 11.4 Å². The van der Waals surface area contributed by atoms with Gasteiger partial charge in [0.05, 0.1) is 23.8 Å². The van der Waals surface area contributed by atoms with Crippen LogP contribution in [0.15, 0.2) is 67.0 Å². The number of aryl methyl sites for hydroxylation is 1. The van der Waals surface area contributed by atoms with Crippen molar-refractivity contribution < 1.29 is 9.66 Å². The number of hydrogen-bond acceptors (Lipinski definition) is 4. The van der Waals surface area contributed by atoms with Gasteiger partial charge in [-0.25, -0.2) is 4.98 Å². The number of non-ortho nitro benzene ring substituents is 1. The normalized spacial score (nSPS) is 11.2. The molecule has 0 radical (unpaired) electrons. The summed E-state index contributed by atoms with van der Waals surface area (Å²) in [5.74, 6) is 0.465. The number of pyridine rings is 1. The van der Waals surface area contributed by atoms with E-state index in [-0.39, 0.29) is 5.69 Å². The first kappa shape index (κ1) is 18.4. The Hall–Kier alpha value is -3.93. The topological polar surface area (TPSA) is 69.7 Å². The second-order valence-corrected chi connectivity index (χ2v) is 6.74. The van der Waals surface area contributed by atoms with Gasteiger partial charge in [-0.3, -0.25) is 10.1 Å². The van der Waals surface area contributed by atoms with Crippen molar-refractivity contribution >= 4 is 23.5 Å². The van der Waals surface area contributed by atoms with Crippen molar-refractivity contribution in [2.75, 3.05) is 7.11 Å². The lowest BCUT2D eigenvalue weighted by molar-refractivity contribution is -0.384. The Morgan fingerprint density at radius 3 is 2.55 bits per heavy atom. The fourth-order valence-electron chi connectivity index (χ4n) is 3.14. The first-order chi connectivity index (χ1) is 14.0. The van der Waals surface area contributed by atoms with E-state index >= 15 is 0 Å². The number of ether oxygens (including phenoxy) is 1. The molecule has 2 heterocycles. The van der Waals surface area contributed by atoms with Crippen LogP contribution in [0.5, 0.6) is 5.75 Å². The number of aromatic nitrogens is 2. The van der Waals surface area contributed by atoms with E-state index < -0.39 is 4.92 Å². The van der Waals surface area contributed by atoms with Gasteiger partial charge in [-0.15, -0.1) is 0 Å². The molecule has 0 atom stereocenters. The third kappa shape index (κ3) is 3.87. The fourth-order valence-corrected chi connectivity index (χ4v) is 3.14. The maximum Gasteiger partial charge on any atom is 0.273 e. The highest BCUT2D eigenvalue weighted by molar-refractivity contribution is 5.74. The molecule has 0 saturated carbocycles. The Kier molecular flexibility index (Phi) is 4.83. The number of rotatable bonds is 5. The quantitative estimate of drug-likeness (QED) is 0.262. The molecule has 0 spiro atoms. The predicted molar refractivity (Wildman–Crippen MR) is 114 cm³/mol. The van der Waals surface area contributed by atoms with Gasteiger partial charge < -0.3 is 9.14 Å². The zero-order chi connectivity index (χ0) is 20.4. The highest BCUT2D eigenvalue weighted by atomic mass is 16.6. The Labute approximate surface area is 167 Å². The molecule has 0 bridgehead atoms. The number of hydrogen-bond donors (Lipinski definition) is 0. The van der Waals surface area contributed by atoms with Crippen LogP contribution in [0.3, 0.4) is 0 Å². The minimum Gasteiger partial charge on any atom is -0.496 e. The van der Waals surface area contributed by atoms with Gasteiger partial charge in [-0.1, -0.05) is 42.5 Å². The number of nitro groups is 1. The molecule has 29 heavy (non-hydrogen) atoms. The van der Waals surface area contributed by atoms with Gasteiger partial charge in [0.25, 0.3) is 5.69 Å². The molecule has 2 aromatic carbocycles. The van der Waals surface area contributed by atoms with Crippen LogP contribution in [0.1, 0.15) is 16.7 Å². The van der Waals surface area contributed by atoms with E-state index in [2.05, 4.69) is 18.1 Å². The molecule has 0 aliphatic carbocycles. The minimum absolute atomic E-state index is 0.00556. The van der Waals surface area contributed by atoms with Crippen molar-refractivity contribution in [1.82, 2.24) is 9.38 Å². The van der Waals surface area contributed by atoms with E-state index in [1.165, 1.54) is 24.8 Å². The Morgan fingerprint density at radius 1 is 1.03 bits per heavy atom. The van der Waals surface area contributed by atoms with Crippen molar-refractivity contribution in [3.05, 3.63) is 93.8 Å². The summed E-state index contributed by atoms with van der Waals surface area (Å²) >= 11 is 0. The predicted octanol–water partition coefficient (Wildman–Crippen LogP) is 5.40. The zero-order valence-electron chi connectivity index (χ0n) is 16.1. The van der Waals surface area contributed by atoms with Gasteiger partial charge in [0.15, 0.2) is 0 Å². The summed E-state index contributed by atoms with van der Waals surface area (Å²) in [5.41, 5.74) is 5.85. The summed E-state index contributed by atoms with van der Waals surface area (Å²) < 4.78 is 7.30. The Balaban J connectivity index is 1.57. The standard InChI is InChI=1S/C23H19N3O3/c1-16-3-12-23-24-21(15-25(23)14-16)18-7-4-17(5-8-18)6-9-19-10-11-20(26(27)28)13-22(19)29-2/h3-15H,1-2H3. The summed E-state index contributed by atoms with van der Waals surface area (Å²) in [5, 5.41) is 10.9. The molecule has 0 saturated heterocycles. The van der Waals surface area contributed by atoms with Crippen LogP contribution in [-0.4, -0.2) is 21.4 Å². The third-order valence-electron chi connectivity index (χ3n) is 4.69. The largest absolute Gasteiger partial charge is 0.496 e. The number of nitro benzene ring substituents is 1. The smallest absolute Gasteiger partial charge is 0.273 e. The number of methoxy groups -OCH3 is 1. The molecule has 4 aromatic rings. The van der Waals surface area contributed by atoms with Crippen LogP contribution in [0, 0.1) is 17.0 Å². The van der Waals surface area contributed by atoms with Crippen molar-refractivity contribution in [1.29, 1.82) is 0 Å². The molecule has 4 rings (SSSR count). The highest BCUT2D eigenvalue weighted by Crippen LogP contribution is 2.27. The summed E-state index contributed by atoms with van der Waals surface area (Å²) in [4.78, 5) is 15.1. The lowest BCUT2D eigenvalue weighted by Crippen LogP contribution is -1.91. The average Bonchev–Trinajstić information content (AvgIpc) is 3.15. The van der Waals surface area contributed by atoms with Gasteiger partial charge in [-0.2, -0.15) is 0 Å². The van der Waals surface area contributed by atoms with E-state index in [0.717, 1.165) is 28.0 Å². The molecule has 0 fully saturated rings. The number of fused-ring (bicyclic) bond motifs is 1. The zero-order valence-corrected chi connectivity index (χ0v) is 16.1. The molecule has 0 N–H and O–H groups in total. The molecule has 6 heteroatoms. The maximum absolute atomic E-state index is 10.9. The number of benzene rings is 2. The lowest BCUT2D eigenvalue weighted by Gasteiger charge is -2.04. The van der Waals surface area contributed by atoms with E-state index in [4.69, 9.17) is 4.74 Å². The molecule has 144 valence electrons. The number of nitrogens with zero attached hydrogens (tertiary/aromatic N) is 3.